The van der Waals surface area contributed by atoms with Crippen LogP contribution in [-0.2, 0) is 14.6 Å². The van der Waals surface area contributed by atoms with Crippen LogP contribution in [-0.4, -0.2) is 26.7 Å². The lowest BCUT2D eigenvalue weighted by molar-refractivity contribution is -0.128. The highest BCUT2D eigenvalue weighted by Crippen LogP contribution is 2.23. The summed E-state index contributed by atoms with van der Waals surface area (Å²) in [6.07, 6.45) is 1.18. The number of ether oxygens (including phenoxy) is 1. The van der Waals surface area contributed by atoms with Crippen LogP contribution < -0.4 is 10.1 Å². The molecule has 0 aliphatic carbocycles. The van der Waals surface area contributed by atoms with E-state index in [4.69, 9.17) is 4.74 Å². The van der Waals surface area contributed by atoms with Gasteiger partial charge in [-0.1, -0.05) is 49.4 Å². The topological polar surface area (TPSA) is 72.5 Å². The Labute approximate surface area is 171 Å². The molecule has 2 atom stereocenters. The molecule has 0 aromatic heterocycles. The van der Waals surface area contributed by atoms with Gasteiger partial charge in [0.25, 0.3) is 5.91 Å². The average Bonchev–Trinajstić information content (AvgIpc) is 2.71. The number of carbonyl (C=O) groups excluding carboxylic acids is 1. The molecule has 0 saturated carbocycles. The highest BCUT2D eigenvalue weighted by molar-refractivity contribution is 7.90. The van der Waals surface area contributed by atoms with E-state index in [1.807, 2.05) is 49.4 Å². The molecule has 152 valence electrons. The Kier molecular flexibility index (Phi) is 6.23. The van der Waals surface area contributed by atoms with E-state index < -0.39 is 15.9 Å². The van der Waals surface area contributed by atoms with Crippen molar-refractivity contribution in [2.45, 2.75) is 37.3 Å². The summed E-state index contributed by atoms with van der Waals surface area (Å²) in [5.74, 6) is 0.411. The molecule has 29 heavy (non-hydrogen) atoms. The minimum atomic E-state index is -3.25. The molecule has 0 radical (unpaired) electrons. The van der Waals surface area contributed by atoms with Gasteiger partial charge in [0.2, 0.25) is 0 Å². The van der Waals surface area contributed by atoms with E-state index in [0.717, 1.165) is 16.3 Å². The summed E-state index contributed by atoms with van der Waals surface area (Å²) in [6, 6.07) is 20.1. The summed E-state index contributed by atoms with van der Waals surface area (Å²) in [5, 5.41) is 5.15. The Morgan fingerprint density at radius 2 is 1.66 bits per heavy atom. The van der Waals surface area contributed by atoms with Crippen LogP contribution in [0.15, 0.2) is 71.6 Å². The molecular weight excluding hydrogens is 386 g/mol. The van der Waals surface area contributed by atoms with Gasteiger partial charge in [-0.3, -0.25) is 4.79 Å². The van der Waals surface area contributed by atoms with Crippen LogP contribution in [0.25, 0.3) is 10.8 Å². The van der Waals surface area contributed by atoms with Gasteiger partial charge in [0.15, 0.2) is 15.9 Å². The molecule has 0 bridgehead atoms. The third kappa shape index (κ3) is 5.15. The fourth-order valence-corrected chi connectivity index (χ4v) is 3.79. The quantitative estimate of drug-likeness (QED) is 0.630. The lowest BCUT2D eigenvalue weighted by atomic mass is 10.0. The Morgan fingerprint density at radius 1 is 1.00 bits per heavy atom. The summed E-state index contributed by atoms with van der Waals surface area (Å²) >= 11 is 0. The number of hydrogen-bond donors (Lipinski definition) is 1. The first kappa shape index (κ1) is 20.9. The predicted molar refractivity (Wildman–Crippen MR) is 115 cm³/mol. The number of nitrogens with one attached hydrogen (secondary N) is 1. The fraction of sp³-hybridized carbons (Fsp3) is 0.261. The number of rotatable bonds is 7. The molecule has 5 nitrogen and oxygen atoms in total. The van der Waals surface area contributed by atoms with Gasteiger partial charge >= 0.3 is 0 Å². The van der Waals surface area contributed by atoms with Gasteiger partial charge < -0.3 is 10.1 Å². The lowest BCUT2D eigenvalue weighted by Gasteiger charge is -2.21. The smallest absolute Gasteiger partial charge is 0.261 e. The summed E-state index contributed by atoms with van der Waals surface area (Å²) in [7, 11) is -3.25. The standard InChI is InChI=1S/C23H25NO4S/c1-4-22(18-10-13-21(14-11-18)29(3,26)27)24-23(25)16(2)28-20-12-9-17-7-5-6-8-19(17)15-20/h5-16,22H,4H2,1-3H3,(H,24,25)/t16-,22-/m1/s1. The molecule has 1 amide bonds. The third-order valence-corrected chi connectivity index (χ3v) is 5.97. The van der Waals surface area contributed by atoms with E-state index in [-0.39, 0.29) is 16.8 Å². The molecule has 0 aliphatic heterocycles. The number of benzene rings is 3. The van der Waals surface area contributed by atoms with Crippen molar-refractivity contribution in [1.29, 1.82) is 0 Å². The number of sulfone groups is 1. The van der Waals surface area contributed by atoms with Crippen molar-refractivity contribution in [3.05, 3.63) is 72.3 Å². The largest absolute Gasteiger partial charge is 0.481 e. The number of amides is 1. The Bertz CT molecular complexity index is 1110. The third-order valence-electron chi connectivity index (χ3n) is 4.84. The maximum atomic E-state index is 12.6. The zero-order chi connectivity index (χ0) is 21.0. The van der Waals surface area contributed by atoms with Crippen molar-refractivity contribution >= 4 is 26.5 Å². The van der Waals surface area contributed by atoms with Gasteiger partial charge in [0, 0.05) is 6.26 Å². The number of fused-ring (bicyclic) bond motifs is 1. The van der Waals surface area contributed by atoms with Crippen molar-refractivity contribution < 1.29 is 17.9 Å². The molecule has 6 heteroatoms. The van der Waals surface area contributed by atoms with Crippen LogP contribution in [0.1, 0.15) is 31.9 Å². The fourth-order valence-electron chi connectivity index (χ4n) is 3.16. The van der Waals surface area contributed by atoms with Gasteiger partial charge in [-0.25, -0.2) is 8.42 Å². The molecule has 0 saturated heterocycles. The first-order valence-electron chi connectivity index (χ1n) is 9.54. The SMILES string of the molecule is CC[C@@H](NC(=O)[C@@H](C)Oc1ccc2ccccc2c1)c1ccc(S(C)(=O)=O)cc1. The van der Waals surface area contributed by atoms with Gasteiger partial charge in [-0.05, 0) is 53.9 Å². The summed E-state index contributed by atoms with van der Waals surface area (Å²) in [5.41, 5.74) is 0.853. The highest BCUT2D eigenvalue weighted by Gasteiger charge is 2.20. The molecule has 0 spiro atoms. The molecule has 0 heterocycles. The van der Waals surface area contributed by atoms with Crippen molar-refractivity contribution in [3.63, 3.8) is 0 Å². The van der Waals surface area contributed by atoms with Crippen molar-refractivity contribution in [1.82, 2.24) is 5.32 Å². The van der Waals surface area contributed by atoms with E-state index >= 15 is 0 Å². The summed E-state index contributed by atoms with van der Waals surface area (Å²) in [6.45, 7) is 3.67. The number of hydrogen-bond acceptors (Lipinski definition) is 4. The van der Waals surface area contributed by atoms with E-state index in [1.54, 1.807) is 31.2 Å². The Hall–Kier alpha value is -2.86. The molecule has 0 unspecified atom stereocenters. The molecule has 3 rings (SSSR count). The second-order valence-corrected chi connectivity index (χ2v) is 9.10. The Morgan fingerprint density at radius 3 is 2.28 bits per heavy atom. The van der Waals surface area contributed by atoms with E-state index in [0.29, 0.717) is 12.2 Å². The maximum Gasteiger partial charge on any atom is 0.261 e. The number of carbonyl (C=O) groups is 1. The zero-order valence-electron chi connectivity index (χ0n) is 16.8. The van der Waals surface area contributed by atoms with Crippen molar-refractivity contribution in [2.75, 3.05) is 6.26 Å². The predicted octanol–water partition coefficient (Wildman–Crippen LogP) is 4.28. The minimum Gasteiger partial charge on any atom is -0.481 e. The monoisotopic (exact) mass is 411 g/mol. The second-order valence-electron chi connectivity index (χ2n) is 7.08. The van der Waals surface area contributed by atoms with Crippen LogP contribution in [0.4, 0.5) is 0 Å². The maximum absolute atomic E-state index is 12.6. The van der Waals surface area contributed by atoms with Crippen LogP contribution in [0.5, 0.6) is 5.75 Å². The van der Waals surface area contributed by atoms with Gasteiger partial charge in [0.05, 0.1) is 10.9 Å². The van der Waals surface area contributed by atoms with E-state index in [2.05, 4.69) is 5.32 Å². The molecule has 3 aromatic rings. The van der Waals surface area contributed by atoms with E-state index in [9.17, 15) is 13.2 Å². The van der Waals surface area contributed by atoms with Gasteiger partial charge in [-0.15, -0.1) is 0 Å². The minimum absolute atomic E-state index is 0.223. The first-order chi connectivity index (χ1) is 13.8. The molecular formula is C23H25NO4S. The van der Waals surface area contributed by atoms with Gasteiger partial charge in [0.1, 0.15) is 5.75 Å². The summed E-state index contributed by atoms with van der Waals surface area (Å²) in [4.78, 5) is 12.9. The van der Waals surface area contributed by atoms with Crippen molar-refractivity contribution in [2.24, 2.45) is 0 Å². The first-order valence-corrected chi connectivity index (χ1v) is 11.4. The van der Waals surface area contributed by atoms with Crippen LogP contribution in [0.3, 0.4) is 0 Å². The van der Waals surface area contributed by atoms with Crippen LogP contribution in [0.2, 0.25) is 0 Å². The average molecular weight is 412 g/mol. The molecule has 0 aliphatic rings. The zero-order valence-corrected chi connectivity index (χ0v) is 17.6. The molecule has 1 N–H and O–H groups in total. The lowest BCUT2D eigenvalue weighted by Crippen LogP contribution is -2.38. The molecule has 3 aromatic carbocycles. The van der Waals surface area contributed by atoms with E-state index in [1.165, 1.54) is 6.26 Å². The second kappa shape index (κ2) is 8.66. The van der Waals surface area contributed by atoms with Crippen LogP contribution >= 0.6 is 0 Å². The van der Waals surface area contributed by atoms with Crippen molar-refractivity contribution in [3.8, 4) is 5.75 Å². The Balaban J connectivity index is 1.68. The molecule has 0 fully saturated rings. The van der Waals surface area contributed by atoms with Crippen LogP contribution in [0, 0.1) is 0 Å². The normalized spacial score (nSPS) is 13.6. The highest BCUT2D eigenvalue weighted by atomic mass is 32.2. The van der Waals surface area contributed by atoms with Gasteiger partial charge in [-0.2, -0.15) is 0 Å². The summed E-state index contributed by atoms with van der Waals surface area (Å²) < 4.78 is 29.1.